The lowest BCUT2D eigenvalue weighted by Gasteiger charge is -2.30. The third-order valence-electron chi connectivity index (χ3n) is 9.07. The number of H-pyrrole nitrogens is 1. The Morgan fingerprint density at radius 3 is 2.28 bits per heavy atom. The number of guanidine groups is 1. The number of nitrogens with zero attached hydrogens (tertiary/aromatic N) is 1. The Morgan fingerprint density at radius 1 is 1.00 bits per heavy atom. The van der Waals surface area contributed by atoms with E-state index in [9.17, 15) is 43.5 Å². The molecule has 1 aliphatic heterocycles. The molecule has 8 unspecified atom stereocenters. The highest BCUT2D eigenvalue weighted by Crippen LogP contribution is 2.14. The fourth-order valence-corrected chi connectivity index (χ4v) is 6.60. The van der Waals surface area contributed by atoms with Crippen molar-refractivity contribution in [3.63, 3.8) is 0 Å². The lowest BCUT2D eigenvalue weighted by Crippen LogP contribution is -2.61. The van der Waals surface area contributed by atoms with E-state index in [0.717, 1.165) is 11.8 Å². The molecule has 0 spiro atoms. The van der Waals surface area contributed by atoms with E-state index in [2.05, 4.69) is 47.2 Å². The van der Waals surface area contributed by atoms with Crippen LogP contribution in [0.5, 0.6) is 0 Å². The zero-order valence-electron chi connectivity index (χ0n) is 32.4. The minimum atomic E-state index is -1.48. The van der Waals surface area contributed by atoms with E-state index in [4.69, 9.17) is 22.0 Å². The molecule has 8 atom stereocenters. The summed E-state index contributed by atoms with van der Waals surface area (Å²) in [6.45, 7) is 6.92. The smallest absolute Gasteiger partial charge is 0.327 e. The molecule has 0 aromatic carbocycles. The van der Waals surface area contributed by atoms with E-state index in [1.165, 1.54) is 12.5 Å². The summed E-state index contributed by atoms with van der Waals surface area (Å²) in [6, 6.07) is -9.10. The van der Waals surface area contributed by atoms with Gasteiger partial charge in [0, 0.05) is 24.9 Å². The van der Waals surface area contributed by atoms with Crippen LogP contribution < -0.4 is 48.7 Å². The fraction of sp³-hybridized carbons (Fsp3) is 0.647. The first-order valence-electron chi connectivity index (χ1n) is 18.5. The van der Waals surface area contributed by atoms with Crippen molar-refractivity contribution in [3.8, 4) is 0 Å². The van der Waals surface area contributed by atoms with Gasteiger partial charge in [0.1, 0.15) is 36.3 Å². The number of aliphatic carboxylic acids is 2. The molecule has 1 fully saturated rings. The van der Waals surface area contributed by atoms with Gasteiger partial charge < -0.3 is 63.9 Å². The monoisotopic (exact) mass is 824 g/mol. The summed E-state index contributed by atoms with van der Waals surface area (Å²) in [5, 5.41) is 44.4. The molecular weight excluding hydrogens is 769 g/mol. The van der Waals surface area contributed by atoms with Crippen molar-refractivity contribution in [1.82, 2.24) is 47.2 Å². The molecule has 6 amide bonds. The number of carboxylic acid groups (broad SMARTS) is 2. The standard InChI is InChI=1S/C34H56N12O10S/c1-5-17(4)26-32(54)43-22(11-18-13-38-15-40-18)30(52)44-23(33(55)56)14-57-10-8-21(29(51)46-26)42-31(53)25(16(2)3)45-28(50)20(7-6-9-39-34(36)37)41-27(49)19(35)12-24(47)48/h13,15-17,19-23,25-26H,5-12,14,35H2,1-4H3,(H,38,40)(H,41,49)(H,42,53)(H,43,54)(H,44,52)(H,45,50)(H,46,51)(H,47,48)(H,55,56)(H4,36,37,39). The Bertz CT molecular complexity index is 1580. The second-order valence-electron chi connectivity index (χ2n) is 14.0. The minimum absolute atomic E-state index is 0.0221. The normalized spacial score (nSPS) is 21.5. The number of nitrogens with one attached hydrogen (secondary N) is 9. The molecule has 2 heterocycles. The van der Waals surface area contributed by atoms with Gasteiger partial charge in [0.25, 0.3) is 0 Å². The first-order valence-corrected chi connectivity index (χ1v) is 19.7. The Kier molecular flexibility index (Phi) is 19.7. The van der Waals surface area contributed by atoms with Crippen molar-refractivity contribution in [3.05, 3.63) is 18.2 Å². The van der Waals surface area contributed by atoms with Crippen LogP contribution >= 0.6 is 11.8 Å². The molecule has 22 nitrogen and oxygen atoms in total. The van der Waals surface area contributed by atoms with Crippen molar-refractivity contribution in [2.24, 2.45) is 23.3 Å². The van der Waals surface area contributed by atoms with Crippen LogP contribution in [-0.2, 0) is 44.8 Å². The van der Waals surface area contributed by atoms with Gasteiger partial charge in [-0.3, -0.25) is 39.0 Å². The molecule has 2 rings (SSSR count). The number of hydrogen-bond acceptors (Lipinski definition) is 12. The molecule has 318 valence electrons. The molecule has 0 radical (unpaired) electrons. The Labute approximate surface area is 333 Å². The van der Waals surface area contributed by atoms with Crippen LogP contribution in [0.2, 0.25) is 0 Å². The number of aromatic amines is 1. The van der Waals surface area contributed by atoms with Crippen LogP contribution in [-0.4, -0.2) is 134 Å². The fourth-order valence-electron chi connectivity index (χ4n) is 5.56. The van der Waals surface area contributed by atoms with Gasteiger partial charge in [0.15, 0.2) is 5.96 Å². The zero-order valence-corrected chi connectivity index (χ0v) is 33.2. The number of carbonyl (C=O) groups is 8. The van der Waals surface area contributed by atoms with Crippen molar-refractivity contribution in [2.45, 2.75) is 109 Å². The molecule has 0 aliphatic carbocycles. The maximum atomic E-state index is 13.9. The van der Waals surface area contributed by atoms with E-state index >= 15 is 0 Å². The van der Waals surface area contributed by atoms with Crippen LogP contribution in [0.3, 0.4) is 0 Å². The maximum absolute atomic E-state index is 13.9. The van der Waals surface area contributed by atoms with Gasteiger partial charge >= 0.3 is 11.9 Å². The number of carbonyl (C=O) groups excluding carboxylic acids is 6. The number of aromatic nitrogens is 2. The summed E-state index contributed by atoms with van der Waals surface area (Å²) in [5.74, 6) is -8.72. The van der Waals surface area contributed by atoms with E-state index in [-0.39, 0.29) is 49.7 Å². The van der Waals surface area contributed by atoms with Gasteiger partial charge in [-0.1, -0.05) is 34.1 Å². The summed E-state index contributed by atoms with van der Waals surface area (Å²) < 4.78 is 0. The molecule has 57 heavy (non-hydrogen) atoms. The van der Waals surface area contributed by atoms with E-state index in [1.54, 1.807) is 27.7 Å². The predicted octanol–water partition coefficient (Wildman–Crippen LogP) is -3.15. The van der Waals surface area contributed by atoms with Crippen LogP contribution in [0, 0.1) is 17.2 Å². The van der Waals surface area contributed by atoms with Crippen molar-refractivity contribution in [1.29, 1.82) is 5.41 Å². The molecular formula is C34H56N12O10S. The van der Waals surface area contributed by atoms with Gasteiger partial charge in [-0.15, -0.1) is 0 Å². The van der Waals surface area contributed by atoms with Crippen molar-refractivity contribution >= 4 is 65.1 Å². The lowest BCUT2D eigenvalue weighted by atomic mass is 9.96. The highest BCUT2D eigenvalue weighted by Gasteiger charge is 2.36. The zero-order chi connectivity index (χ0) is 42.8. The Balaban J connectivity index is 2.38. The molecule has 23 heteroatoms. The topological polar surface area (TPSA) is 366 Å². The highest BCUT2D eigenvalue weighted by molar-refractivity contribution is 7.99. The summed E-state index contributed by atoms with van der Waals surface area (Å²) >= 11 is 1.11. The summed E-state index contributed by atoms with van der Waals surface area (Å²) in [6.07, 6.45) is 2.69. The molecule has 15 N–H and O–H groups in total. The van der Waals surface area contributed by atoms with Gasteiger partial charge in [0.05, 0.1) is 24.5 Å². The van der Waals surface area contributed by atoms with Crippen LogP contribution in [0.15, 0.2) is 12.5 Å². The van der Waals surface area contributed by atoms with Crippen LogP contribution in [0.1, 0.15) is 65.5 Å². The number of imidazole rings is 1. The summed E-state index contributed by atoms with van der Waals surface area (Å²) in [5.41, 5.74) is 11.4. The van der Waals surface area contributed by atoms with Gasteiger partial charge in [0.2, 0.25) is 35.4 Å². The number of rotatable bonds is 18. The van der Waals surface area contributed by atoms with Gasteiger partial charge in [-0.25, -0.2) is 9.78 Å². The predicted molar refractivity (Wildman–Crippen MR) is 207 cm³/mol. The first kappa shape index (κ1) is 47.7. The minimum Gasteiger partial charge on any atom is -0.481 e. The molecule has 1 aromatic heterocycles. The lowest BCUT2D eigenvalue weighted by molar-refractivity contribution is -0.141. The van der Waals surface area contributed by atoms with Crippen molar-refractivity contribution < 1.29 is 48.6 Å². The SMILES string of the molecule is CCC(C)C1NC(=O)C(NC(=O)C(NC(=O)C(CCCNC(=N)N)NC(=O)C(N)CC(=O)O)C(C)C)CCSCC(C(=O)O)NC(=O)C(Cc2c[nH]cn2)NC1=O. The van der Waals surface area contributed by atoms with Crippen LogP contribution in [0.4, 0.5) is 0 Å². The first-order chi connectivity index (χ1) is 26.8. The highest BCUT2D eigenvalue weighted by atomic mass is 32.2. The van der Waals surface area contributed by atoms with Crippen LogP contribution in [0.25, 0.3) is 0 Å². The van der Waals surface area contributed by atoms with E-state index < -0.39 is 108 Å². The average Bonchev–Trinajstić information content (AvgIpc) is 3.65. The third kappa shape index (κ3) is 16.3. The second kappa shape index (κ2) is 23.6. The Morgan fingerprint density at radius 2 is 1.70 bits per heavy atom. The quantitative estimate of drug-likeness (QED) is 0.0395. The molecule has 1 aromatic rings. The van der Waals surface area contributed by atoms with Gasteiger partial charge in [-0.2, -0.15) is 11.8 Å². The van der Waals surface area contributed by atoms with Crippen molar-refractivity contribution in [2.75, 3.05) is 18.1 Å². The van der Waals surface area contributed by atoms with E-state index in [0.29, 0.717) is 12.1 Å². The number of nitrogens with two attached hydrogens (primary N) is 2. The number of amides is 6. The molecule has 1 saturated heterocycles. The average molecular weight is 825 g/mol. The number of carboxylic acids is 2. The Hall–Kier alpha value is -5.45. The second-order valence-corrected chi connectivity index (χ2v) is 15.2. The molecule has 1 aliphatic rings. The van der Waals surface area contributed by atoms with Gasteiger partial charge in [-0.05, 0) is 36.9 Å². The third-order valence-corrected chi connectivity index (χ3v) is 10.2. The summed E-state index contributed by atoms with van der Waals surface area (Å²) in [7, 11) is 0. The largest absolute Gasteiger partial charge is 0.481 e. The number of thioether (sulfide) groups is 1. The molecule has 0 saturated carbocycles. The maximum Gasteiger partial charge on any atom is 0.327 e. The molecule has 0 bridgehead atoms. The summed E-state index contributed by atoms with van der Waals surface area (Å²) in [4.78, 5) is 111. The number of hydrogen-bond donors (Lipinski definition) is 13. The van der Waals surface area contributed by atoms with E-state index in [1.807, 2.05) is 0 Å².